The molecule has 0 radical (unpaired) electrons. The van der Waals surface area contributed by atoms with E-state index in [2.05, 4.69) is 32.0 Å². The maximum absolute atomic E-state index is 13.7. The molecule has 4 fully saturated rings. The molecule has 4 aliphatic rings. The van der Waals surface area contributed by atoms with Crippen LogP contribution in [0.2, 0.25) is 0 Å². The van der Waals surface area contributed by atoms with E-state index < -0.39 is 0 Å². The molecule has 3 aliphatic heterocycles. The molecule has 204 valence electrons. The maximum Gasteiger partial charge on any atom is 0.255 e. The first-order valence-corrected chi connectivity index (χ1v) is 15.0. The molecule has 7 heteroatoms. The van der Waals surface area contributed by atoms with Gasteiger partial charge in [0.2, 0.25) is 5.91 Å². The van der Waals surface area contributed by atoms with Gasteiger partial charge in [-0.3, -0.25) is 19.5 Å². The molecule has 1 aliphatic carbocycles. The molecule has 1 aromatic heterocycles. The van der Waals surface area contributed by atoms with Crippen molar-refractivity contribution in [1.82, 2.24) is 25.0 Å². The molecule has 4 atom stereocenters. The number of hydrogen-bond donors (Lipinski definition) is 1. The summed E-state index contributed by atoms with van der Waals surface area (Å²) in [4.78, 5) is 37.9. The minimum atomic E-state index is 0.120. The molecule has 37 heavy (non-hydrogen) atoms. The van der Waals surface area contributed by atoms with E-state index in [1.807, 2.05) is 12.1 Å². The number of nitrogens with one attached hydrogen (secondary N) is 1. The van der Waals surface area contributed by atoms with Gasteiger partial charge >= 0.3 is 0 Å². The van der Waals surface area contributed by atoms with Gasteiger partial charge in [-0.25, -0.2) is 0 Å². The second-order valence-corrected chi connectivity index (χ2v) is 12.0. The van der Waals surface area contributed by atoms with Crippen molar-refractivity contribution in [3.63, 3.8) is 0 Å². The minimum Gasteiger partial charge on any atom is -0.355 e. The molecule has 2 amide bonds. The van der Waals surface area contributed by atoms with Gasteiger partial charge in [-0.15, -0.1) is 0 Å². The molecule has 5 rings (SSSR count). The van der Waals surface area contributed by atoms with E-state index in [-0.39, 0.29) is 17.9 Å². The lowest BCUT2D eigenvalue weighted by atomic mass is 9.69. The zero-order chi connectivity index (χ0) is 25.6. The van der Waals surface area contributed by atoms with Crippen LogP contribution < -0.4 is 5.32 Å². The lowest BCUT2D eigenvalue weighted by molar-refractivity contribution is -0.121. The highest BCUT2D eigenvalue weighted by atomic mass is 16.2. The average molecular weight is 510 g/mol. The molecule has 0 aromatic carbocycles. The van der Waals surface area contributed by atoms with Crippen molar-refractivity contribution >= 4 is 11.8 Å². The van der Waals surface area contributed by atoms with E-state index in [1.165, 1.54) is 70.9 Å². The molecule has 1 N–H and O–H groups in total. The molecular formula is C30H47N5O2. The Hall–Kier alpha value is -1.99. The monoisotopic (exact) mass is 509 g/mol. The van der Waals surface area contributed by atoms with Gasteiger partial charge in [-0.2, -0.15) is 0 Å². The van der Waals surface area contributed by atoms with Crippen molar-refractivity contribution in [2.75, 3.05) is 39.8 Å². The molecule has 0 bridgehead atoms. The summed E-state index contributed by atoms with van der Waals surface area (Å²) < 4.78 is 0. The standard InChI is InChI=1S/C30H47N5O2/c1-33(25-11-3-2-4-12-25)20-17-32-28(36)15-5-14-27-26-13-8-19-34-18-7-10-24(29(26)34)22-35(27)30(37)23-9-6-16-31-21-23/h6,9,16,21,24-27,29H,2-5,7-8,10-15,17-20,22H2,1H3,(H,32,36)/t24-,26+,27+,29-/m0/s1. The Morgan fingerprint density at radius 2 is 1.89 bits per heavy atom. The number of rotatable bonds is 9. The summed E-state index contributed by atoms with van der Waals surface area (Å²) in [5, 5.41) is 3.16. The fourth-order valence-electron chi connectivity index (χ4n) is 7.89. The summed E-state index contributed by atoms with van der Waals surface area (Å²) in [6.07, 6.45) is 17.2. The number of amides is 2. The van der Waals surface area contributed by atoms with Crippen LogP contribution in [0.4, 0.5) is 0 Å². The second kappa shape index (κ2) is 12.7. The van der Waals surface area contributed by atoms with Gasteiger partial charge in [-0.05, 0) is 95.5 Å². The Labute approximate surface area is 223 Å². The van der Waals surface area contributed by atoms with Crippen LogP contribution in [0.1, 0.15) is 87.4 Å². The lowest BCUT2D eigenvalue weighted by Crippen LogP contribution is -2.65. The van der Waals surface area contributed by atoms with Crippen LogP contribution in [0, 0.1) is 11.8 Å². The smallest absolute Gasteiger partial charge is 0.255 e. The third-order valence-corrected chi connectivity index (χ3v) is 9.73. The van der Waals surface area contributed by atoms with Crippen LogP contribution in [0.15, 0.2) is 24.5 Å². The SMILES string of the molecule is CN(CCNC(=O)CCC[C@@H]1[C@H]2CCCN3CCC[C@@H](CN1C(=O)c1cccnc1)[C@@H]23)C1CCCCC1. The number of carbonyl (C=O) groups excluding carboxylic acids is 2. The number of piperidine rings is 3. The van der Waals surface area contributed by atoms with Crippen LogP contribution in [-0.4, -0.2) is 89.4 Å². The summed E-state index contributed by atoms with van der Waals surface area (Å²) >= 11 is 0. The zero-order valence-corrected chi connectivity index (χ0v) is 22.8. The second-order valence-electron chi connectivity index (χ2n) is 12.0. The lowest BCUT2D eigenvalue weighted by Gasteiger charge is -2.57. The van der Waals surface area contributed by atoms with Gasteiger partial charge in [0.25, 0.3) is 5.91 Å². The number of nitrogens with zero attached hydrogens (tertiary/aromatic N) is 4. The van der Waals surface area contributed by atoms with Crippen molar-refractivity contribution in [3.05, 3.63) is 30.1 Å². The van der Waals surface area contributed by atoms with E-state index in [0.717, 1.165) is 32.5 Å². The topological polar surface area (TPSA) is 68.8 Å². The first kappa shape index (κ1) is 26.6. The summed E-state index contributed by atoms with van der Waals surface area (Å²) in [6, 6.07) is 5.24. The Kier molecular flexibility index (Phi) is 9.14. The first-order chi connectivity index (χ1) is 18.1. The Morgan fingerprint density at radius 3 is 2.68 bits per heavy atom. The minimum absolute atomic E-state index is 0.120. The van der Waals surface area contributed by atoms with Crippen molar-refractivity contribution in [3.8, 4) is 0 Å². The predicted molar refractivity (Wildman–Crippen MR) is 146 cm³/mol. The Balaban J connectivity index is 1.17. The zero-order valence-electron chi connectivity index (χ0n) is 22.8. The largest absolute Gasteiger partial charge is 0.355 e. The first-order valence-electron chi connectivity index (χ1n) is 15.0. The number of hydrogen-bond acceptors (Lipinski definition) is 5. The van der Waals surface area contributed by atoms with Gasteiger partial charge in [-0.1, -0.05) is 19.3 Å². The third kappa shape index (κ3) is 6.36. The average Bonchev–Trinajstić information content (AvgIpc) is 2.94. The van der Waals surface area contributed by atoms with E-state index in [9.17, 15) is 9.59 Å². The number of likely N-dealkylation sites (tertiary alicyclic amines) is 1. The van der Waals surface area contributed by atoms with Crippen molar-refractivity contribution in [2.24, 2.45) is 11.8 Å². The number of aromatic nitrogens is 1. The van der Waals surface area contributed by atoms with Crippen LogP contribution in [0.5, 0.6) is 0 Å². The quantitative estimate of drug-likeness (QED) is 0.546. The fraction of sp³-hybridized carbons (Fsp3) is 0.767. The molecule has 3 saturated heterocycles. The number of likely N-dealkylation sites (N-methyl/N-ethyl adjacent to an activating group) is 1. The summed E-state index contributed by atoms with van der Waals surface area (Å²) in [6.45, 7) is 4.91. The van der Waals surface area contributed by atoms with Crippen LogP contribution >= 0.6 is 0 Å². The molecule has 0 spiro atoms. The summed E-state index contributed by atoms with van der Waals surface area (Å²) in [5.41, 5.74) is 0.689. The van der Waals surface area contributed by atoms with Crippen molar-refractivity contribution < 1.29 is 9.59 Å². The van der Waals surface area contributed by atoms with Crippen molar-refractivity contribution in [1.29, 1.82) is 0 Å². The van der Waals surface area contributed by atoms with E-state index in [4.69, 9.17) is 0 Å². The molecule has 1 saturated carbocycles. The number of pyridine rings is 1. The number of carbonyl (C=O) groups is 2. The van der Waals surface area contributed by atoms with Gasteiger partial charge < -0.3 is 15.1 Å². The highest BCUT2D eigenvalue weighted by Gasteiger charge is 2.49. The highest BCUT2D eigenvalue weighted by Crippen LogP contribution is 2.43. The third-order valence-electron chi connectivity index (χ3n) is 9.73. The molecule has 1 aromatic rings. The van der Waals surface area contributed by atoms with Gasteiger partial charge in [0.05, 0.1) is 5.56 Å². The summed E-state index contributed by atoms with van der Waals surface area (Å²) in [7, 11) is 2.20. The van der Waals surface area contributed by atoms with E-state index >= 15 is 0 Å². The van der Waals surface area contributed by atoms with Crippen LogP contribution in [0.25, 0.3) is 0 Å². The van der Waals surface area contributed by atoms with Crippen LogP contribution in [-0.2, 0) is 4.79 Å². The van der Waals surface area contributed by atoms with E-state index in [0.29, 0.717) is 35.9 Å². The van der Waals surface area contributed by atoms with Crippen LogP contribution in [0.3, 0.4) is 0 Å². The van der Waals surface area contributed by atoms with Gasteiger partial charge in [0.1, 0.15) is 0 Å². The molecule has 7 nitrogen and oxygen atoms in total. The van der Waals surface area contributed by atoms with Crippen molar-refractivity contribution in [2.45, 2.75) is 95.2 Å². The highest BCUT2D eigenvalue weighted by molar-refractivity contribution is 5.94. The normalized spacial score (nSPS) is 28.6. The van der Waals surface area contributed by atoms with Gasteiger partial charge in [0, 0.05) is 56.6 Å². The maximum atomic E-state index is 13.7. The van der Waals surface area contributed by atoms with E-state index in [1.54, 1.807) is 12.4 Å². The molecule has 0 unspecified atom stereocenters. The van der Waals surface area contributed by atoms with Gasteiger partial charge in [0.15, 0.2) is 0 Å². The fourth-order valence-corrected chi connectivity index (χ4v) is 7.89. The Morgan fingerprint density at radius 1 is 1.08 bits per heavy atom. The Bertz CT molecular complexity index is 887. The predicted octanol–water partition coefficient (Wildman–Crippen LogP) is 3.95. The molecule has 4 heterocycles. The summed E-state index contributed by atoms with van der Waals surface area (Å²) in [5.74, 6) is 1.36. The molecular weight excluding hydrogens is 462 g/mol.